The van der Waals surface area contributed by atoms with Crippen molar-refractivity contribution in [3.63, 3.8) is 0 Å². The number of rotatable bonds is 2. The molecule has 1 aliphatic rings. The molecule has 1 fully saturated rings. The van der Waals surface area contributed by atoms with E-state index in [1.165, 1.54) is 43.5 Å². The highest BCUT2D eigenvalue weighted by Gasteiger charge is 2.11. The molecule has 0 saturated carbocycles. The third-order valence-corrected chi connectivity index (χ3v) is 3.21. The van der Waals surface area contributed by atoms with Crippen LogP contribution in [0.5, 0.6) is 0 Å². The molecule has 0 spiro atoms. The van der Waals surface area contributed by atoms with Gasteiger partial charge in [-0.25, -0.2) is 0 Å². The van der Waals surface area contributed by atoms with E-state index in [4.69, 9.17) is 5.73 Å². The summed E-state index contributed by atoms with van der Waals surface area (Å²) < 4.78 is 0. The zero-order valence-corrected chi connectivity index (χ0v) is 10.7. The maximum Gasteiger partial charge on any atom is 0.0316 e. The summed E-state index contributed by atoms with van der Waals surface area (Å²) in [5.74, 6) is 0. The van der Waals surface area contributed by atoms with Gasteiger partial charge in [0.15, 0.2) is 0 Å². The Labute approximate surface area is 104 Å². The summed E-state index contributed by atoms with van der Waals surface area (Å²) in [6.07, 6.45) is 4.11. The van der Waals surface area contributed by atoms with Gasteiger partial charge in [-0.2, -0.15) is 0 Å². The van der Waals surface area contributed by atoms with Gasteiger partial charge in [-0.1, -0.05) is 12.5 Å². The number of piperidine rings is 1. The maximum absolute atomic E-state index is 5.75. The number of nitrogen functional groups attached to an aromatic ring is 1. The van der Waals surface area contributed by atoms with Crippen LogP contribution in [0.3, 0.4) is 0 Å². The van der Waals surface area contributed by atoms with Crippen LogP contribution in [0.25, 0.3) is 0 Å². The minimum Gasteiger partial charge on any atom is -0.399 e. The van der Waals surface area contributed by atoms with Gasteiger partial charge in [-0.05, 0) is 56.1 Å². The molecule has 3 heteroatoms. The first-order chi connectivity index (χ1) is 7.25. The number of nitrogens with two attached hydrogens (primary N) is 1. The largest absolute Gasteiger partial charge is 0.399 e. The predicted molar refractivity (Wildman–Crippen MR) is 72.0 cm³/mol. The molecule has 90 valence electrons. The van der Waals surface area contributed by atoms with E-state index in [2.05, 4.69) is 24.0 Å². The fourth-order valence-corrected chi connectivity index (χ4v) is 2.25. The Hall–Kier alpha value is -0.730. The van der Waals surface area contributed by atoms with Gasteiger partial charge in [0.25, 0.3) is 0 Å². The van der Waals surface area contributed by atoms with Gasteiger partial charge in [0.1, 0.15) is 0 Å². The van der Waals surface area contributed by atoms with Crippen LogP contribution in [0.15, 0.2) is 18.2 Å². The Morgan fingerprint density at radius 3 is 2.50 bits per heavy atom. The molecule has 2 rings (SSSR count). The molecular formula is C13H21ClN2. The minimum absolute atomic E-state index is 0. The van der Waals surface area contributed by atoms with Crippen LogP contribution in [-0.4, -0.2) is 18.0 Å². The van der Waals surface area contributed by atoms with Crippen LogP contribution in [0.4, 0.5) is 5.69 Å². The first-order valence-electron chi connectivity index (χ1n) is 5.83. The lowest BCUT2D eigenvalue weighted by Crippen LogP contribution is -2.29. The molecule has 0 aromatic heterocycles. The number of halogens is 1. The molecule has 0 unspecified atom stereocenters. The summed E-state index contributed by atoms with van der Waals surface area (Å²) in [5, 5.41) is 0. The topological polar surface area (TPSA) is 29.3 Å². The molecule has 0 radical (unpaired) electrons. The summed E-state index contributed by atoms with van der Waals surface area (Å²) in [4.78, 5) is 2.54. The number of hydrogen-bond acceptors (Lipinski definition) is 2. The van der Waals surface area contributed by atoms with Gasteiger partial charge in [0, 0.05) is 12.2 Å². The lowest BCUT2D eigenvalue weighted by molar-refractivity contribution is 0.220. The van der Waals surface area contributed by atoms with Gasteiger partial charge in [0.05, 0.1) is 0 Å². The molecule has 16 heavy (non-hydrogen) atoms. The lowest BCUT2D eigenvalue weighted by atomic mass is 10.1. The second kappa shape index (κ2) is 6.12. The molecule has 2 nitrogen and oxygen atoms in total. The van der Waals surface area contributed by atoms with E-state index in [1.807, 2.05) is 6.07 Å². The van der Waals surface area contributed by atoms with Crippen molar-refractivity contribution in [1.29, 1.82) is 0 Å². The Bertz CT molecular complexity index is 333. The van der Waals surface area contributed by atoms with Gasteiger partial charge in [-0.3, -0.25) is 4.90 Å². The number of hydrogen-bond donors (Lipinski definition) is 1. The quantitative estimate of drug-likeness (QED) is 0.806. The van der Waals surface area contributed by atoms with Gasteiger partial charge in [0.2, 0.25) is 0 Å². The molecule has 1 saturated heterocycles. The third-order valence-electron chi connectivity index (χ3n) is 3.21. The van der Waals surface area contributed by atoms with Gasteiger partial charge in [-0.15, -0.1) is 12.4 Å². The first-order valence-corrected chi connectivity index (χ1v) is 5.83. The zero-order chi connectivity index (χ0) is 10.7. The van der Waals surface area contributed by atoms with Crippen LogP contribution in [0.1, 0.15) is 30.4 Å². The highest BCUT2D eigenvalue weighted by molar-refractivity contribution is 5.85. The molecule has 0 aliphatic carbocycles. The smallest absolute Gasteiger partial charge is 0.0316 e. The Morgan fingerprint density at radius 1 is 1.19 bits per heavy atom. The monoisotopic (exact) mass is 240 g/mol. The standard InChI is InChI=1S/C13H20N2.ClH/c1-11-9-13(14)6-5-12(11)10-15-7-3-2-4-8-15;/h5-6,9H,2-4,7-8,10,14H2,1H3;1H. The van der Waals surface area contributed by atoms with E-state index >= 15 is 0 Å². The van der Waals surface area contributed by atoms with Crippen molar-refractivity contribution in [2.75, 3.05) is 18.8 Å². The predicted octanol–water partition coefficient (Wildman–Crippen LogP) is 2.98. The van der Waals surface area contributed by atoms with E-state index in [0.717, 1.165) is 12.2 Å². The van der Waals surface area contributed by atoms with Crippen molar-refractivity contribution in [3.8, 4) is 0 Å². The van der Waals surface area contributed by atoms with E-state index in [0.29, 0.717) is 0 Å². The first kappa shape index (κ1) is 13.3. The average Bonchev–Trinajstić information content (AvgIpc) is 2.24. The van der Waals surface area contributed by atoms with Crippen molar-refractivity contribution in [2.45, 2.75) is 32.7 Å². The van der Waals surface area contributed by atoms with E-state index < -0.39 is 0 Å². The molecule has 1 heterocycles. The van der Waals surface area contributed by atoms with E-state index in [1.54, 1.807) is 0 Å². The highest BCUT2D eigenvalue weighted by atomic mass is 35.5. The molecule has 1 aromatic rings. The number of aryl methyl sites for hydroxylation is 1. The molecule has 0 amide bonds. The Kier molecular flexibility index (Phi) is 5.10. The van der Waals surface area contributed by atoms with Crippen LogP contribution >= 0.6 is 12.4 Å². The molecular weight excluding hydrogens is 220 g/mol. The number of anilines is 1. The van der Waals surface area contributed by atoms with Crippen LogP contribution < -0.4 is 5.73 Å². The van der Waals surface area contributed by atoms with Gasteiger partial charge >= 0.3 is 0 Å². The summed E-state index contributed by atoms with van der Waals surface area (Å²) in [7, 11) is 0. The molecule has 2 N–H and O–H groups in total. The summed E-state index contributed by atoms with van der Waals surface area (Å²) in [6, 6.07) is 6.24. The number of benzene rings is 1. The second-order valence-corrected chi connectivity index (χ2v) is 4.52. The number of nitrogens with zero attached hydrogens (tertiary/aromatic N) is 1. The normalized spacial score (nSPS) is 16.8. The van der Waals surface area contributed by atoms with Crippen LogP contribution in [0.2, 0.25) is 0 Å². The van der Waals surface area contributed by atoms with Crippen LogP contribution in [-0.2, 0) is 6.54 Å². The van der Waals surface area contributed by atoms with Crippen molar-refractivity contribution >= 4 is 18.1 Å². The fourth-order valence-electron chi connectivity index (χ4n) is 2.25. The van der Waals surface area contributed by atoms with Crippen molar-refractivity contribution in [3.05, 3.63) is 29.3 Å². The second-order valence-electron chi connectivity index (χ2n) is 4.52. The molecule has 0 bridgehead atoms. The van der Waals surface area contributed by atoms with Crippen molar-refractivity contribution in [1.82, 2.24) is 4.90 Å². The average molecular weight is 241 g/mol. The van der Waals surface area contributed by atoms with E-state index in [9.17, 15) is 0 Å². The molecule has 1 aromatic carbocycles. The SMILES string of the molecule is Cc1cc(N)ccc1CN1CCCCC1.Cl. The van der Waals surface area contributed by atoms with Crippen molar-refractivity contribution in [2.24, 2.45) is 0 Å². The fraction of sp³-hybridized carbons (Fsp3) is 0.538. The summed E-state index contributed by atoms with van der Waals surface area (Å²) in [6.45, 7) is 5.75. The van der Waals surface area contributed by atoms with E-state index in [-0.39, 0.29) is 12.4 Å². The van der Waals surface area contributed by atoms with Crippen molar-refractivity contribution < 1.29 is 0 Å². The van der Waals surface area contributed by atoms with Crippen LogP contribution in [0, 0.1) is 6.92 Å². The Morgan fingerprint density at radius 2 is 1.88 bits per heavy atom. The Balaban J connectivity index is 0.00000128. The zero-order valence-electron chi connectivity index (χ0n) is 9.91. The summed E-state index contributed by atoms with van der Waals surface area (Å²) >= 11 is 0. The summed E-state index contributed by atoms with van der Waals surface area (Å²) in [5.41, 5.74) is 9.36. The lowest BCUT2D eigenvalue weighted by Gasteiger charge is -2.27. The highest BCUT2D eigenvalue weighted by Crippen LogP contribution is 2.17. The van der Waals surface area contributed by atoms with Gasteiger partial charge < -0.3 is 5.73 Å². The number of likely N-dealkylation sites (tertiary alicyclic amines) is 1. The molecule has 0 atom stereocenters. The third kappa shape index (κ3) is 3.39. The molecule has 1 aliphatic heterocycles. The minimum atomic E-state index is 0. The maximum atomic E-state index is 5.75.